The van der Waals surface area contributed by atoms with E-state index in [1.807, 2.05) is 0 Å². The molecule has 0 fully saturated rings. The van der Waals surface area contributed by atoms with Gasteiger partial charge in [0.1, 0.15) is 12.4 Å². The van der Waals surface area contributed by atoms with E-state index in [0.29, 0.717) is 9.72 Å². The third-order valence-corrected chi connectivity index (χ3v) is 5.12. The van der Waals surface area contributed by atoms with E-state index < -0.39 is 17.7 Å². The van der Waals surface area contributed by atoms with E-state index in [1.165, 1.54) is 42.0 Å². The second-order valence-electron chi connectivity index (χ2n) is 5.17. The van der Waals surface area contributed by atoms with Crippen molar-refractivity contribution < 1.29 is 18.7 Å². The molecule has 0 saturated heterocycles. The van der Waals surface area contributed by atoms with Gasteiger partial charge in [0, 0.05) is 5.02 Å². The molecule has 5 nitrogen and oxygen atoms in total. The number of fused-ring (bicyclic) bond motifs is 1. The summed E-state index contributed by atoms with van der Waals surface area (Å²) in [5.74, 6) is -1.75. The molecule has 0 aliphatic heterocycles. The fraction of sp³-hybridized carbons (Fsp3) is 0.118. The molecule has 0 bridgehead atoms. The Labute approximate surface area is 161 Å². The Morgan fingerprint density at radius 1 is 1.27 bits per heavy atom. The quantitative estimate of drug-likeness (QED) is 0.609. The van der Waals surface area contributed by atoms with E-state index in [1.54, 1.807) is 6.07 Å². The smallest absolute Gasteiger partial charge is 0.325 e. The average Bonchev–Trinajstić information content (AvgIpc) is 2.93. The maximum absolute atomic E-state index is 14.3. The number of benzene rings is 2. The van der Waals surface area contributed by atoms with Crippen LogP contribution in [0.3, 0.4) is 0 Å². The zero-order valence-electron chi connectivity index (χ0n) is 13.3. The highest BCUT2D eigenvalue weighted by Gasteiger charge is 2.16. The zero-order chi connectivity index (χ0) is 18.8. The van der Waals surface area contributed by atoms with Crippen LogP contribution in [0, 0.1) is 5.82 Å². The molecule has 1 heterocycles. The van der Waals surface area contributed by atoms with Crippen LogP contribution in [0.4, 0.5) is 4.39 Å². The predicted molar refractivity (Wildman–Crippen MR) is 98.1 cm³/mol. The van der Waals surface area contributed by atoms with Crippen LogP contribution >= 0.6 is 34.5 Å². The summed E-state index contributed by atoms with van der Waals surface area (Å²) < 4.78 is 20.8. The monoisotopic (exact) mass is 412 g/mol. The first kappa shape index (κ1) is 18.6. The van der Waals surface area contributed by atoms with Gasteiger partial charge in [-0.3, -0.25) is 9.59 Å². The number of ether oxygens (including phenoxy) is 1. The van der Waals surface area contributed by atoms with Crippen LogP contribution < -0.4 is 4.80 Å². The van der Waals surface area contributed by atoms with Crippen molar-refractivity contribution in [1.82, 2.24) is 4.57 Å². The van der Waals surface area contributed by atoms with Gasteiger partial charge in [0.15, 0.2) is 4.80 Å². The minimum absolute atomic E-state index is 0.151. The van der Waals surface area contributed by atoms with Crippen molar-refractivity contribution in [2.75, 3.05) is 7.11 Å². The average molecular weight is 413 g/mol. The number of hydrogen-bond donors (Lipinski definition) is 0. The number of carbonyl (C=O) groups is 2. The zero-order valence-corrected chi connectivity index (χ0v) is 15.7. The molecule has 1 amide bonds. The number of methoxy groups -OCH3 is 1. The van der Waals surface area contributed by atoms with Gasteiger partial charge in [0.25, 0.3) is 5.91 Å². The number of hydrogen-bond acceptors (Lipinski definition) is 4. The van der Waals surface area contributed by atoms with Gasteiger partial charge in [0.2, 0.25) is 0 Å². The highest BCUT2D eigenvalue weighted by atomic mass is 35.5. The SMILES string of the molecule is COC(=O)Cn1c(=NC(=O)c2ccc(Cl)cc2Cl)sc2cccc(F)c21. The first-order valence-corrected chi connectivity index (χ1v) is 8.86. The maximum atomic E-state index is 14.3. The molecule has 0 N–H and O–H groups in total. The van der Waals surface area contributed by atoms with Crippen LogP contribution in [0.1, 0.15) is 10.4 Å². The Morgan fingerprint density at radius 3 is 2.73 bits per heavy atom. The van der Waals surface area contributed by atoms with Gasteiger partial charge < -0.3 is 9.30 Å². The molecule has 1 aromatic heterocycles. The lowest BCUT2D eigenvalue weighted by atomic mass is 10.2. The van der Waals surface area contributed by atoms with Crippen LogP contribution in [0.5, 0.6) is 0 Å². The fourth-order valence-electron chi connectivity index (χ4n) is 2.32. The summed E-state index contributed by atoms with van der Waals surface area (Å²) in [6.45, 7) is -0.280. The van der Waals surface area contributed by atoms with Gasteiger partial charge in [0.05, 0.1) is 27.9 Å². The summed E-state index contributed by atoms with van der Waals surface area (Å²) in [7, 11) is 1.23. The molecule has 0 atom stereocenters. The predicted octanol–water partition coefficient (Wildman–Crippen LogP) is 4.06. The van der Waals surface area contributed by atoms with Gasteiger partial charge in [-0.05, 0) is 30.3 Å². The molecular formula is C17H11Cl2FN2O3S. The Hall–Kier alpha value is -2.22. The Bertz CT molecular complexity index is 1090. The minimum atomic E-state index is -0.628. The van der Waals surface area contributed by atoms with Crippen LogP contribution in [0.2, 0.25) is 10.0 Å². The number of rotatable bonds is 3. The molecular weight excluding hydrogens is 402 g/mol. The first-order valence-electron chi connectivity index (χ1n) is 7.29. The second kappa shape index (κ2) is 7.57. The summed E-state index contributed by atoms with van der Waals surface area (Å²) >= 11 is 12.9. The molecule has 0 saturated carbocycles. The van der Waals surface area contributed by atoms with Crippen LogP contribution in [-0.2, 0) is 16.1 Å². The molecule has 3 rings (SSSR count). The van der Waals surface area contributed by atoms with Gasteiger partial charge in [-0.25, -0.2) is 4.39 Å². The van der Waals surface area contributed by atoms with E-state index in [-0.39, 0.29) is 27.4 Å². The number of thiazole rings is 1. The summed E-state index contributed by atoms with van der Waals surface area (Å²) in [6, 6.07) is 8.88. The summed E-state index contributed by atoms with van der Waals surface area (Å²) in [5.41, 5.74) is 0.329. The van der Waals surface area contributed by atoms with E-state index >= 15 is 0 Å². The van der Waals surface area contributed by atoms with Gasteiger partial charge >= 0.3 is 5.97 Å². The third-order valence-electron chi connectivity index (χ3n) is 3.53. The fourth-order valence-corrected chi connectivity index (χ4v) is 3.85. The lowest BCUT2D eigenvalue weighted by Gasteiger charge is -2.04. The Balaban J connectivity index is 2.18. The molecule has 0 aliphatic rings. The van der Waals surface area contributed by atoms with Crippen molar-refractivity contribution >= 4 is 56.6 Å². The molecule has 0 spiro atoms. The summed E-state index contributed by atoms with van der Waals surface area (Å²) in [6.07, 6.45) is 0. The van der Waals surface area contributed by atoms with Crippen molar-refractivity contribution in [3.63, 3.8) is 0 Å². The van der Waals surface area contributed by atoms with E-state index in [2.05, 4.69) is 9.73 Å². The molecule has 3 aromatic rings. The molecule has 134 valence electrons. The molecule has 9 heteroatoms. The number of carbonyl (C=O) groups excluding carboxylic acids is 2. The molecule has 0 unspecified atom stereocenters. The van der Waals surface area contributed by atoms with Gasteiger partial charge in [-0.15, -0.1) is 0 Å². The number of aromatic nitrogens is 1. The van der Waals surface area contributed by atoms with Crippen molar-refractivity contribution in [3.8, 4) is 0 Å². The lowest BCUT2D eigenvalue weighted by Crippen LogP contribution is -2.23. The molecule has 2 aromatic carbocycles. The first-order chi connectivity index (χ1) is 12.4. The largest absolute Gasteiger partial charge is 0.468 e. The van der Waals surface area contributed by atoms with Crippen molar-refractivity contribution in [2.24, 2.45) is 4.99 Å². The standard InChI is InChI=1S/C17H11Cl2FN2O3S/c1-25-14(23)8-22-15-12(20)3-2-4-13(15)26-17(22)21-16(24)10-6-5-9(18)7-11(10)19/h2-7H,8H2,1H3. The molecule has 0 aliphatic carbocycles. The van der Waals surface area contributed by atoms with Crippen molar-refractivity contribution in [1.29, 1.82) is 0 Å². The number of esters is 1. The topological polar surface area (TPSA) is 60.7 Å². The minimum Gasteiger partial charge on any atom is -0.468 e. The molecule has 0 radical (unpaired) electrons. The summed E-state index contributed by atoms with van der Waals surface area (Å²) in [5, 5.41) is 0.536. The normalized spacial score (nSPS) is 11.8. The van der Waals surface area contributed by atoms with Crippen molar-refractivity contribution in [2.45, 2.75) is 6.54 Å². The Kier molecular flexibility index (Phi) is 5.41. The number of halogens is 3. The number of amides is 1. The second-order valence-corrected chi connectivity index (χ2v) is 7.03. The van der Waals surface area contributed by atoms with E-state index in [4.69, 9.17) is 23.2 Å². The van der Waals surface area contributed by atoms with Crippen molar-refractivity contribution in [3.05, 3.63) is 62.6 Å². The maximum Gasteiger partial charge on any atom is 0.325 e. The third kappa shape index (κ3) is 3.65. The van der Waals surface area contributed by atoms with Gasteiger partial charge in [-0.1, -0.05) is 40.6 Å². The van der Waals surface area contributed by atoms with Gasteiger partial charge in [-0.2, -0.15) is 4.99 Å². The highest BCUT2D eigenvalue weighted by molar-refractivity contribution is 7.16. The number of para-hydroxylation sites is 1. The van der Waals surface area contributed by atoms with E-state index in [0.717, 1.165) is 11.3 Å². The number of nitrogens with zero attached hydrogens (tertiary/aromatic N) is 2. The Morgan fingerprint density at radius 2 is 2.04 bits per heavy atom. The van der Waals surface area contributed by atoms with Crippen LogP contribution in [0.15, 0.2) is 41.4 Å². The highest BCUT2D eigenvalue weighted by Crippen LogP contribution is 2.23. The van der Waals surface area contributed by atoms with Crippen LogP contribution in [-0.4, -0.2) is 23.6 Å². The van der Waals surface area contributed by atoms with E-state index in [9.17, 15) is 14.0 Å². The van der Waals surface area contributed by atoms with Crippen LogP contribution in [0.25, 0.3) is 10.2 Å². The summed E-state index contributed by atoms with van der Waals surface area (Å²) in [4.78, 5) is 28.4. The lowest BCUT2D eigenvalue weighted by molar-refractivity contribution is -0.141. The molecule has 26 heavy (non-hydrogen) atoms.